The Bertz CT molecular complexity index is 562. The third-order valence-corrected chi connectivity index (χ3v) is 5.86. The molecule has 0 unspecified atom stereocenters. The topological polar surface area (TPSA) is 90.2 Å². The van der Waals surface area contributed by atoms with Crippen molar-refractivity contribution in [1.82, 2.24) is 0 Å². The first-order valence-corrected chi connectivity index (χ1v) is 11.4. The number of aliphatic hydroxyl groups excluding tert-OH is 4. The lowest BCUT2D eigenvalue weighted by Gasteiger charge is -2.40. The second-order valence-corrected chi connectivity index (χ2v) is 8.22. The van der Waals surface area contributed by atoms with Crippen LogP contribution in [0.1, 0.15) is 82.3 Å². The monoisotopic (exact) mass is 407 g/mol. The summed E-state index contributed by atoms with van der Waals surface area (Å²) in [5.41, 5.74) is 1.81. The first kappa shape index (κ1) is 24.3. The lowest BCUT2D eigenvalue weighted by Crippen LogP contribution is -2.55. The van der Waals surface area contributed by atoms with Gasteiger partial charge < -0.3 is 25.2 Å². The van der Waals surface area contributed by atoms with Crippen LogP contribution in [0.25, 0.3) is 0 Å². The molecule has 1 aromatic carbocycles. The zero-order valence-corrected chi connectivity index (χ0v) is 17.8. The Morgan fingerprint density at radius 3 is 2.00 bits per heavy atom. The molecule has 5 heteroatoms. The van der Waals surface area contributed by atoms with Crippen molar-refractivity contribution >= 4 is 0 Å². The normalized spacial score (nSPS) is 25.4. The Kier molecular flexibility index (Phi) is 11.2. The number of aliphatic hydroxyl groups is 4. The molecule has 0 aliphatic carbocycles. The van der Waals surface area contributed by atoms with Gasteiger partial charge in [0.05, 0.1) is 6.61 Å². The fourth-order valence-corrected chi connectivity index (χ4v) is 4.01. The molecule has 165 valence electrons. The van der Waals surface area contributed by atoms with E-state index in [0.717, 1.165) is 24.0 Å². The molecule has 1 saturated heterocycles. The van der Waals surface area contributed by atoms with E-state index in [1.165, 1.54) is 57.8 Å². The number of rotatable bonds is 13. The van der Waals surface area contributed by atoms with E-state index in [0.29, 0.717) is 0 Å². The van der Waals surface area contributed by atoms with Gasteiger partial charge in [0.25, 0.3) is 0 Å². The average molecular weight is 408 g/mol. The van der Waals surface area contributed by atoms with E-state index < -0.39 is 31.0 Å². The molecule has 1 fully saturated rings. The summed E-state index contributed by atoms with van der Waals surface area (Å²) < 4.78 is 5.66. The number of unbranched alkanes of at least 4 members (excludes halogenated alkanes) is 9. The van der Waals surface area contributed by atoms with Gasteiger partial charge in [-0.1, -0.05) is 89.0 Å². The predicted octanol–water partition coefficient (Wildman–Crippen LogP) is 3.50. The van der Waals surface area contributed by atoms with Gasteiger partial charge in [-0.25, -0.2) is 0 Å². The summed E-state index contributed by atoms with van der Waals surface area (Å²) in [6, 6.07) is 7.70. The van der Waals surface area contributed by atoms with Gasteiger partial charge in [0.15, 0.2) is 6.10 Å². The second kappa shape index (κ2) is 13.3. The fraction of sp³-hybridized carbons (Fsp3) is 0.708. The summed E-state index contributed by atoms with van der Waals surface area (Å²) in [5.74, 6) is 0. The molecule has 1 heterocycles. The lowest BCUT2D eigenvalue weighted by atomic mass is 9.88. The molecule has 4 N–H and O–H groups in total. The van der Waals surface area contributed by atoms with Gasteiger partial charge in [-0.05, 0) is 24.0 Å². The van der Waals surface area contributed by atoms with Gasteiger partial charge in [-0.15, -0.1) is 0 Å². The van der Waals surface area contributed by atoms with Gasteiger partial charge in [-0.3, -0.25) is 0 Å². The van der Waals surface area contributed by atoms with Crippen molar-refractivity contribution in [3.05, 3.63) is 41.5 Å². The zero-order valence-electron chi connectivity index (χ0n) is 17.8. The van der Waals surface area contributed by atoms with E-state index >= 15 is 0 Å². The summed E-state index contributed by atoms with van der Waals surface area (Å²) in [7, 11) is 0. The first-order valence-electron chi connectivity index (χ1n) is 11.4. The van der Waals surface area contributed by atoms with Crippen LogP contribution in [0.4, 0.5) is 0 Å². The number of hydrogen-bond donors (Lipinski definition) is 4. The van der Waals surface area contributed by atoms with Crippen LogP contribution in [-0.4, -0.2) is 51.4 Å². The molecular weight excluding hydrogens is 368 g/mol. The molecule has 1 aliphatic rings. The minimum absolute atomic E-state index is 0.240. The molecule has 0 spiro atoms. The maximum atomic E-state index is 10.4. The van der Waals surface area contributed by atoms with Crippen LogP contribution in [0, 0.1) is 6.10 Å². The van der Waals surface area contributed by atoms with E-state index in [1.54, 1.807) is 0 Å². The number of aryl methyl sites for hydroxylation is 1. The van der Waals surface area contributed by atoms with Crippen LogP contribution in [0.3, 0.4) is 0 Å². The Hall–Kier alpha value is -0.980. The Morgan fingerprint density at radius 2 is 1.38 bits per heavy atom. The molecule has 2 rings (SSSR count). The van der Waals surface area contributed by atoms with Gasteiger partial charge in [-0.2, -0.15) is 0 Å². The molecule has 0 saturated carbocycles. The molecule has 1 aliphatic heterocycles. The van der Waals surface area contributed by atoms with Crippen LogP contribution in [0.5, 0.6) is 0 Å². The van der Waals surface area contributed by atoms with Crippen molar-refractivity contribution in [3.8, 4) is 0 Å². The lowest BCUT2D eigenvalue weighted by molar-refractivity contribution is -0.184. The van der Waals surface area contributed by atoms with Crippen molar-refractivity contribution in [1.29, 1.82) is 0 Å². The molecule has 1 aromatic rings. The van der Waals surface area contributed by atoms with E-state index in [2.05, 4.69) is 6.92 Å². The van der Waals surface area contributed by atoms with Crippen LogP contribution in [0.2, 0.25) is 0 Å². The maximum Gasteiger partial charge on any atom is 0.158 e. The van der Waals surface area contributed by atoms with Crippen LogP contribution >= 0.6 is 0 Å². The largest absolute Gasteiger partial charge is 0.394 e. The first-order chi connectivity index (χ1) is 14.1. The number of hydrogen-bond acceptors (Lipinski definition) is 5. The standard InChI is InChI=1S/C24H39O5/c1-2-3-4-5-6-7-8-9-10-11-14-18-15-12-13-16-19(18)24-23(28)22(27)21(26)20(17-25)29-24/h12-13,15-16,20-23,25-28H,2-11,14,17H2,1H3/t20-,21+,22+,23-/m1/s1. The van der Waals surface area contributed by atoms with Crippen LogP contribution < -0.4 is 0 Å². The third kappa shape index (κ3) is 7.34. The molecular formula is C24H39O5. The summed E-state index contributed by atoms with van der Waals surface area (Å²) in [5, 5.41) is 39.9. The van der Waals surface area contributed by atoms with Gasteiger partial charge >= 0.3 is 0 Å². The second-order valence-electron chi connectivity index (χ2n) is 8.22. The quantitative estimate of drug-likeness (QED) is 0.376. The fourth-order valence-electron chi connectivity index (χ4n) is 4.01. The maximum absolute atomic E-state index is 10.4. The summed E-state index contributed by atoms with van der Waals surface area (Å²) in [6.07, 6.45) is 8.97. The van der Waals surface area contributed by atoms with Crippen molar-refractivity contribution in [2.24, 2.45) is 0 Å². The van der Waals surface area contributed by atoms with Gasteiger partial charge in [0.2, 0.25) is 0 Å². The minimum Gasteiger partial charge on any atom is -0.394 e. The van der Waals surface area contributed by atoms with Crippen molar-refractivity contribution in [3.63, 3.8) is 0 Å². The highest BCUT2D eigenvalue weighted by molar-refractivity contribution is 5.39. The van der Waals surface area contributed by atoms with Crippen molar-refractivity contribution < 1.29 is 25.2 Å². The molecule has 1 radical (unpaired) electrons. The SMILES string of the molecule is CCCCCCCCCCCCc1ccccc1[C]1O[C@H](CO)[C@H](O)[C@H](O)[C@H]1O. The number of benzene rings is 1. The molecule has 0 aromatic heterocycles. The van der Waals surface area contributed by atoms with E-state index in [9.17, 15) is 20.4 Å². The van der Waals surface area contributed by atoms with Gasteiger partial charge in [0.1, 0.15) is 24.4 Å². The highest BCUT2D eigenvalue weighted by atomic mass is 16.5. The Balaban J connectivity index is 1.80. The number of ether oxygens (including phenoxy) is 1. The average Bonchev–Trinajstić information content (AvgIpc) is 2.74. The van der Waals surface area contributed by atoms with E-state index in [1.807, 2.05) is 24.3 Å². The molecule has 0 bridgehead atoms. The smallest absolute Gasteiger partial charge is 0.158 e. The van der Waals surface area contributed by atoms with Gasteiger partial charge in [0, 0.05) is 0 Å². The molecule has 0 amide bonds. The van der Waals surface area contributed by atoms with Crippen LogP contribution in [-0.2, 0) is 11.2 Å². The zero-order chi connectivity index (χ0) is 21.1. The van der Waals surface area contributed by atoms with Crippen molar-refractivity contribution in [2.75, 3.05) is 6.61 Å². The van der Waals surface area contributed by atoms with E-state index in [-0.39, 0.29) is 6.10 Å². The predicted molar refractivity (Wildman–Crippen MR) is 114 cm³/mol. The summed E-state index contributed by atoms with van der Waals surface area (Å²) in [4.78, 5) is 0. The highest BCUT2D eigenvalue weighted by Gasteiger charge is 2.45. The summed E-state index contributed by atoms with van der Waals surface area (Å²) >= 11 is 0. The summed E-state index contributed by atoms with van der Waals surface area (Å²) in [6.45, 7) is 1.82. The van der Waals surface area contributed by atoms with Crippen molar-refractivity contribution in [2.45, 2.75) is 102 Å². The molecule has 4 atom stereocenters. The van der Waals surface area contributed by atoms with E-state index in [4.69, 9.17) is 4.74 Å². The minimum atomic E-state index is -1.37. The Labute approximate surface area is 175 Å². The Morgan fingerprint density at radius 1 is 0.793 bits per heavy atom. The van der Waals surface area contributed by atoms with Crippen LogP contribution in [0.15, 0.2) is 24.3 Å². The molecule has 5 nitrogen and oxygen atoms in total. The molecule has 29 heavy (non-hydrogen) atoms. The third-order valence-electron chi connectivity index (χ3n) is 5.86. The highest BCUT2D eigenvalue weighted by Crippen LogP contribution is 2.33.